The Kier molecular flexibility index (Phi) is 5.03. The molecule has 0 aliphatic carbocycles. The molecule has 0 aromatic carbocycles. The molecule has 6 nitrogen and oxygen atoms in total. The molecule has 10 heteroatoms. The molecular formula is C12H11F3N4O2S. The molecule has 0 unspecified atom stereocenters. The number of halogens is 3. The molecule has 0 spiro atoms. The van der Waals surface area contributed by atoms with Crippen LogP contribution < -0.4 is 5.32 Å². The Morgan fingerprint density at radius 3 is 2.50 bits per heavy atom. The third kappa shape index (κ3) is 4.21. The first-order chi connectivity index (χ1) is 10.4. The van der Waals surface area contributed by atoms with Gasteiger partial charge >= 0.3 is 12.1 Å². The minimum absolute atomic E-state index is 0.733. The third-order valence-corrected chi connectivity index (χ3v) is 3.70. The van der Waals surface area contributed by atoms with Crippen molar-refractivity contribution >= 4 is 17.3 Å². The molecule has 0 atom stereocenters. The Morgan fingerprint density at radius 2 is 1.95 bits per heavy atom. The molecule has 0 radical (unpaired) electrons. The van der Waals surface area contributed by atoms with Gasteiger partial charge < -0.3 is 10.4 Å². The van der Waals surface area contributed by atoms with Crippen LogP contribution in [0.3, 0.4) is 0 Å². The lowest BCUT2D eigenvalue weighted by atomic mass is 10.2. The van der Waals surface area contributed by atoms with E-state index in [0.717, 1.165) is 30.3 Å². The Hall–Kier alpha value is -2.07. The highest BCUT2D eigenvalue weighted by molar-refractivity contribution is 7.15. The average molecular weight is 332 g/mol. The largest absolute Gasteiger partial charge is 0.490 e. The summed E-state index contributed by atoms with van der Waals surface area (Å²) >= 11 is 1.69. The molecule has 118 valence electrons. The van der Waals surface area contributed by atoms with E-state index in [9.17, 15) is 13.2 Å². The second-order valence-electron chi connectivity index (χ2n) is 4.19. The molecule has 2 N–H and O–H groups in total. The summed E-state index contributed by atoms with van der Waals surface area (Å²) in [6.45, 7) is 1.95. The van der Waals surface area contributed by atoms with Crippen LogP contribution >= 0.6 is 11.3 Å². The summed E-state index contributed by atoms with van der Waals surface area (Å²) in [6, 6.07) is 1.82. The van der Waals surface area contributed by atoms with Gasteiger partial charge in [0.1, 0.15) is 0 Å². The van der Waals surface area contributed by atoms with E-state index in [1.165, 1.54) is 10.6 Å². The number of nitrogens with one attached hydrogen (secondary N) is 1. The van der Waals surface area contributed by atoms with Crippen LogP contribution in [0.25, 0.3) is 10.8 Å². The molecule has 0 bridgehead atoms. The number of nitrogens with zero attached hydrogens (tertiary/aromatic N) is 3. The van der Waals surface area contributed by atoms with E-state index in [4.69, 9.17) is 9.90 Å². The lowest BCUT2D eigenvalue weighted by Crippen LogP contribution is -2.22. The number of alkyl halides is 3. The number of thiazole rings is 1. The Balaban J connectivity index is 0.000000217. The van der Waals surface area contributed by atoms with Gasteiger partial charge in [0.05, 0.1) is 5.69 Å². The van der Waals surface area contributed by atoms with Crippen molar-refractivity contribution in [1.29, 1.82) is 0 Å². The second-order valence-corrected chi connectivity index (χ2v) is 5.27. The monoisotopic (exact) mass is 332 g/mol. The molecule has 2 aromatic rings. The Morgan fingerprint density at radius 1 is 1.32 bits per heavy atom. The van der Waals surface area contributed by atoms with Gasteiger partial charge in [-0.3, -0.25) is 0 Å². The zero-order valence-electron chi connectivity index (χ0n) is 11.1. The molecule has 0 amide bonds. The summed E-state index contributed by atoms with van der Waals surface area (Å²) in [5, 5.41) is 11.4. The quantitative estimate of drug-likeness (QED) is 0.829. The molecule has 0 saturated carbocycles. The zero-order valence-corrected chi connectivity index (χ0v) is 11.9. The predicted octanol–water partition coefficient (Wildman–Crippen LogP) is 1.88. The number of hydrogen-bond donors (Lipinski definition) is 2. The highest BCUT2D eigenvalue weighted by Crippen LogP contribution is 2.27. The fraction of sp³-hybridized carbons (Fsp3) is 0.333. The van der Waals surface area contributed by atoms with Crippen LogP contribution in [-0.2, 0) is 17.8 Å². The number of carbonyl (C=O) groups is 1. The lowest BCUT2D eigenvalue weighted by molar-refractivity contribution is -0.192. The summed E-state index contributed by atoms with van der Waals surface area (Å²) in [5.74, 6) is -2.02. The van der Waals surface area contributed by atoms with Crippen LogP contribution in [-0.4, -0.2) is 38.7 Å². The van der Waals surface area contributed by atoms with Crippen molar-refractivity contribution in [3.05, 3.63) is 29.0 Å². The van der Waals surface area contributed by atoms with E-state index < -0.39 is 12.1 Å². The number of fused-ring (bicyclic) bond motifs is 1. The molecule has 0 saturated heterocycles. The lowest BCUT2D eigenvalue weighted by Gasteiger charge is -2.09. The summed E-state index contributed by atoms with van der Waals surface area (Å²) in [4.78, 5) is 23.2. The van der Waals surface area contributed by atoms with E-state index in [1.807, 2.05) is 6.07 Å². The van der Waals surface area contributed by atoms with E-state index in [0.29, 0.717) is 0 Å². The first-order valence-electron chi connectivity index (χ1n) is 6.14. The zero-order chi connectivity index (χ0) is 16.2. The molecular weight excluding hydrogens is 321 g/mol. The standard InChI is InChI=1S/C10H10N4S.C2HF3O2/c1-3-12-9(13-4-1)10-14-7-2-5-11-6-8(7)15-10;3-2(4,5)1(6)7/h1,3-4,11H,2,5-6H2;(H,6,7). The van der Waals surface area contributed by atoms with E-state index in [2.05, 4.69) is 20.3 Å². The van der Waals surface area contributed by atoms with Crippen LogP contribution in [0.4, 0.5) is 13.2 Å². The number of carboxylic acid groups (broad SMARTS) is 1. The first kappa shape index (κ1) is 16.3. The first-order valence-corrected chi connectivity index (χ1v) is 6.96. The molecule has 22 heavy (non-hydrogen) atoms. The van der Waals surface area contributed by atoms with Crippen molar-refractivity contribution in [3.8, 4) is 10.8 Å². The van der Waals surface area contributed by atoms with Crippen molar-refractivity contribution in [2.24, 2.45) is 0 Å². The third-order valence-electron chi connectivity index (χ3n) is 2.60. The minimum Gasteiger partial charge on any atom is -0.475 e. The van der Waals surface area contributed by atoms with Gasteiger partial charge in [-0.05, 0) is 6.07 Å². The SMILES string of the molecule is O=C(O)C(F)(F)F.c1cnc(-c2nc3c(s2)CNCC3)nc1. The van der Waals surface area contributed by atoms with Crippen molar-refractivity contribution in [2.75, 3.05) is 6.54 Å². The van der Waals surface area contributed by atoms with E-state index >= 15 is 0 Å². The van der Waals surface area contributed by atoms with Crippen molar-refractivity contribution in [2.45, 2.75) is 19.1 Å². The fourth-order valence-corrected chi connectivity index (χ4v) is 2.66. The van der Waals surface area contributed by atoms with Gasteiger partial charge in [0, 0.05) is 36.8 Å². The van der Waals surface area contributed by atoms with Crippen LogP contribution in [0.1, 0.15) is 10.6 Å². The van der Waals surface area contributed by atoms with Crippen molar-refractivity contribution in [1.82, 2.24) is 20.3 Å². The summed E-state index contributed by atoms with van der Waals surface area (Å²) < 4.78 is 31.7. The number of aliphatic carboxylic acids is 1. The molecule has 1 aliphatic rings. The number of rotatable bonds is 1. The highest BCUT2D eigenvalue weighted by atomic mass is 32.1. The molecule has 1 aliphatic heterocycles. The van der Waals surface area contributed by atoms with Gasteiger partial charge in [0.2, 0.25) is 0 Å². The van der Waals surface area contributed by atoms with Crippen LogP contribution in [0.15, 0.2) is 18.5 Å². The van der Waals surface area contributed by atoms with Gasteiger partial charge in [0.15, 0.2) is 10.8 Å². The van der Waals surface area contributed by atoms with Gasteiger partial charge in [-0.15, -0.1) is 11.3 Å². The highest BCUT2D eigenvalue weighted by Gasteiger charge is 2.38. The maximum Gasteiger partial charge on any atom is 0.490 e. The molecule has 2 aromatic heterocycles. The van der Waals surface area contributed by atoms with Crippen molar-refractivity contribution < 1.29 is 23.1 Å². The number of carboxylic acids is 1. The smallest absolute Gasteiger partial charge is 0.475 e. The van der Waals surface area contributed by atoms with Gasteiger partial charge in [-0.2, -0.15) is 13.2 Å². The van der Waals surface area contributed by atoms with Crippen LogP contribution in [0, 0.1) is 0 Å². The van der Waals surface area contributed by atoms with Gasteiger partial charge in [0.25, 0.3) is 0 Å². The van der Waals surface area contributed by atoms with E-state index in [-0.39, 0.29) is 0 Å². The number of aromatic nitrogens is 3. The van der Waals surface area contributed by atoms with Gasteiger partial charge in [-0.1, -0.05) is 0 Å². The van der Waals surface area contributed by atoms with Crippen LogP contribution in [0.5, 0.6) is 0 Å². The van der Waals surface area contributed by atoms with Crippen molar-refractivity contribution in [3.63, 3.8) is 0 Å². The Bertz CT molecular complexity index is 622. The van der Waals surface area contributed by atoms with Gasteiger partial charge in [-0.25, -0.2) is 19.7 Å². The predicted molar refractivity (Wildman–Crippen MR) is 72.2 cm³/mol. The van der Waals surface area contributed by atoms with Crippen LogP contribution in [0.2, 0.25) is 0 Å². The summed E-state index contributed by atoms with van der Waals surface area (Å²) in [6.07, 6.45) is -0.569. The minimum atomic E-state index is -5.08. The Labute approximate surface area is 127 Å². The fourth-order valence-electron chi connectivity index (χ4n) is 1.63. The average Bonchev–Trinajstić information content (AvgIpc) is 2.92. The topological polar surface area (TPSA) is 88.0 Å². The molecule has 3 heterocycles. The molecule has 0 fully saturated rings. The summed E-state index contributed by atoms with van der Waals surface area (Å²) in [5.41, 5.74) is 1.21. The maximum atomic E-state index is 10.6. The number of hydrogen-bond acceptors (Lipinski definition) is 6. The maximum absolute atomic E-state index is 10.6. The normalized spacial score (nSPS) is 13.8. The summed E-state index contributed by atoms with van der Waals surface area (Å²) in [7, 11) is 0. The van der Waals surface area contributed by atoms with E-state index in [1.54, 1.807) is 23.7 Å². The molecule has 3 rings (SSSR count). The second kappa shape index (κ2) is 6.79.